The van der Waals surface area contributed by atoms with E-state index in [4.69, 9.17) is 43.0 Å². The molecule has 8 aromatic rings. The van der Waals surface area contributed by atoms with Gasteiger partial charge in [-0.1, -0.05) is 154 Å². The lowest BCUT2D eigenvalue weighted by Gasteiger charge is -2.21. The molecule has 0 aliphatic rings. The van der Waals surface area contributed by atoms with E-state index in [9.17, 15) is 58.5 Å². The summed E-state index contributed by atoms with van der Waals surface area (Å²) >= 11 is 0. The summed E-state index contributed by atoms with van der Waals surface area (Å²) in [6.45, 7) is 36.2. The van der Waals surface area contributed by atoms with Gasteiger partial charge >= 0.3 is 23.9 Å². The van der Waals surface area contributed by atoms with Crippen LogP contribution in [0.25, 0.3) is 45.0 Å². The summed E-state index contributed by atoms with van der Waals surface area (Å²) in [5.74, 6) is -0.524. The van der Waals surface area contributed by atoms with Crippen molar-refractivity contribution in [1.82, 2.24) is 60.4 Å². The predicted molar refractivity (Wildman–Crippen MR) is 493 cm³/mol. The monoisotopic (exact) mass is 1800 g/mol. The van der Waals surface area contributed by atoms with Crippen LogP contribution in [0.15, 0.2) is 97.1 Å². The molecule has 2 unspecified atom stereocenters. The van der Waals surface area contributed by atoms with Crippen molar-refractivity contribution in [2.24, 2.45) is 47.3 Å². The molecule has 4 aromatic carbocycles. The quantitative estimate of drug-likeness (QED) is 0.0164. The maximum atomic E-state index is 13.1. The number of carbonyl (C=O) groups excluding carboxylic acids is 5. The topological polar surface area (TPSA) is 428 Å². The second kappa shape index (κ2) is 52.1. The van der Waals surface area contributed by atoms with E-state index in [2.05, 4.69) is 97.1 Å². The number of carbonyl (C=O) groups is 9. The van der Waals surface area contributed by atoms with Gasteiger partial charge in [-0.25, -0.2) is 4.79 Å². The molecule has 8 N–H and O–H groups in total. The first-order valence-electron chi connectivity index (χ1n) is 43.9. The van der Waals surface area contributed by atoms with Crippen LogP contribution in [0.3, 0.4) is 0 Å². The van der Waals surface area contributed by atoms with Crippen molar-refractivity contribution in [3.05, 3.63) is 120 Å². The van der Waals surface area contributed by atoms with Gasteiger partial charge in [-0.15, -0.1) is 0 Å². The van der Waals surface area contributed by atoms with Gasteiger partial charge in [-0.2, -0.15) is 20.4 Å². The Bertz CT molecular complexity index is 4910. The van der Waals surface area contributed by atoms with Crippen molar-refractivity contribution >= 4 is 53.3 Å². The van der Waals surface area contributed by atoms with E-state index in [0.717, 1.165) is 30.5 Å². The van der Waals surface area contributed by atoms with E-state index >= 15 is 0 Å². The molecule has 0 saturated heterocycles. The molecule has 33 heteroatoms. The molecule has 4 aromatic heterocycles. The van der Waals surface area contributed by atoms with Gasteiger partial charge in [0.15, 0.2) is 22.8 Å². The van der Waals surface area contributed by atoms with Gasteiger partial charge in [0.05, 0.1) is 133 Å². The van der Waals surface area contributed by atoms with Gasteiger partial charge < -0.3 is 79.6 Å². The van der Waals surface area contributed by atoms with Crippen LogP contribution < -0.4 is 59.2 Å². The summed E-state index contributed by atoms with van der Waals surface area (Å²) in [7, 11) is 12.6. The summed E-state index contributed by atoms with van der Waals surface area (Å²) < 4.78 is 51.6. The number of methoxy groups -OCH3 is 8. The number of ketones is 1. The lowest BCUT2D eigenvalue weighted by molar-refractivity contribution is -0.150. The first kappa shape index (κ1) is 107. The molecule has 8 rings (SSSR count). The molecule has 0 fully saturated rings. The number of benzene rings is 4. The zero-order valence-electron chi connectivity index (χ0n) is 79.7. The number of ether oxygens (including phenoxy) is 8. The van der Waals surface area contributed by atoms with Gasteiger partial charge in [0.1, 0.15) is 46.0 Å². The summed E-state index contributed by atoms with van der Waals surface area (Å²) in [5.41, 5.74) is 6.31. The Balaban J connectivity index is 0.000000305. The number of aliphatic carboxylic acids is 4. The minimum absolute atomic E-state index is 0.00773. The van der Waals surface area contributed by atoms with Crippen LogP contribution in [0.1, 0.15) is 230 Å². The molecule has 4 heterocycles. The molecule has 0 aliphatic carbocycles. The van der Waals surface area contributed by atoms with Crippen LogP contribution >= 0.6 is 0 Å². The molecule has 4 amide bonds. The van der Waals surface area contributed by atoms with Crippen LogP contribution in [-0.2, 0) is 43.6 Å². The summed E-state index contributed by atoms with van der Waals surface area (Å²) in [5, 5.41) is 66.2. The van der Waals surface area contributed by atoms with Crippen molar-refractivity contribution in [1.29, 1.82) is 0 Å². The molecular weight excluding hydrogens is 1660 g/mol. The first-order chi connectivity index (χ1) is 61.1. The largest absolute Gasteiger partial charge is 0.496 e. The highest BCUT2D eigenvalue weighted by molar-refractivity contribution is 6.35. The number of hydrogen-bond acceptors (Lipinski definition) is 21. The SMILES string of the molecule is CCC(C)Cn1nc(C(=O)N[C@@H](CC(C)C)C(=O)C(=O)O)cc1-c1c(OC)cccc1OC.CCC(CC)Cn1nc(C(=O)N[C@H](CC(=O)O)CC(C)C)cc1-c1c(OC)cccc1OC.COc1cccc(OC)c1-c1cc(C(=O)N[C@H](CC(=O)O)CC(C)C)nn1C(C)C(C)C.COc1cccc(OC)c1-c1cc(C(=O)N[C@H](CC(=O)O)CC(C)C)nn1CC(C)C. The van der Waals surface area contributed by atoms with Crippen molar-refractivity contribution in [2.75, 3.05) is 56.9 Å². The number of nitrogens with one attached hydrogen (secondary N) is 4. The summed E-state index contributed by atoms with van der Waals surface area (Å²) in [4.78, 5) is 109. The van der Waals surface area contributed by atoms with Gasteiger partial charge in [-0.3, -0.25) is 57.1 Å². The average Bonchev–Trinajstić information content (AvgIpc) is 1.71. The molecule has 0 aliphatic heterocycles. The molecule has 0 radical (unpaired) electrons. The van der Waals surface area contributed by atoms with E-state index < -0.39 is 71.5 Å². The third kappa shape index (κ3) is 31.5. The first-order valence-corrected chi connectivity index (χ1v) is 43.9. The lowest BCUT2D eigenvalue weighted by Crippen LogP contribution is -2.44. The highest BCUT2D eigenvalue weighted by atomic mass is 16.5. The Morgan fingerprint density at radius 1 is 0.341 bits per heavy atom. The molecular formula is C96H138N12O21. The highest BCUT2D eigenvalue weighted by Gasteiger charge is 2.34. The van der Waals surface area contributed by atoms with Gasteiger partial charge in [0, 0.05) is 37.8 Å². The average molecular weight is 1800 g/mol. The minimum atomic E-state index is -1.58. The molecule has 708 valence electrons. The molecule has 33 nitrogen and oxygen atoms in total. The number of carboxylic acids is 4. The van der Waals surface area contributed by atoms with Crippen LogP contribution in [0, 0.1) is 47.3 Å². The Hall–Kier alpha value is -12.4. The maximum absolute atomic E-state index is 13.1. The zero-order chi connectivity index (χ0) is 96.4. The van der Waals surface area contributed by atoms with Crippen molar-refractivity contribution < 1.29 is 101 Å². The standard InChI is InChI=1S/C25H37N3O5.C24H33N3O6.C24H35N3O5.C23H33N3O5/c1-7-17(8-2)15-28-20(24-21(32-5)10-9-11-22(24)33-6)14-19(27-28)25(31)26-18(12-16(3)4)13-23(29)30;1-7-15(4)13-27-18(21-19(32-5)9-8-10-20(21)33-6)12-17(26-27)23(29)25-16(11-14(2)3)22(28)24(30)31;1-14(2)11-17(12-22(28)29)25-24(30)18-13-19(27(26-18)16(5)15(3)4)23-20(31-6)9-8-10-21(23)32-7;1-14(2)10-16(11-21(27)28)24-23(29)17-12-18(26(25-17)13-15(3)4)22-19(30-5)8-7-9-20(22)31-6/h9-11,14,16-18H,7-8,12-13,15H2,1-6H3,(H,26,31)(H,29,30);8-10,12,14-16H,7,11,13H2,1-6H3,(H,25,29)(H,30,31);8-10,13-17H,11-12H2,1-7H3,(H,25,30)(H,28,29);7-9,12,14-16H,10-11,13H2,1-6H3,(H,24,29)(H,27,28)/t18-;15?,16-;16?,17-;16-/m0000/s1. The van der Waals surface area contributed by atoms with Gasteiger partial charge in [0.25, 0.3) is 29.4 Å². The molecule has 129 heavy (non-hydrogen) atoms. The highest BCUT2D eigenvalue weighted by Crippen LogP contribution is 2.44. The third-order valence-electron chi connectivity index (χ3n) is 21.5. The Morgan fingerprint density at radius 3 is 0.868 bits per heavy atom. The predicted octanol–water partition coefficient (Wildman–Crippen LogP) is 16.3. The number of aromatic nitrogens is 8. The number of Topliss-reactive ketones (excluding diaryl/α,β-unsaturated/α-hetero) is 1. The molecule has 0 saturated carbocycles. The van der Waals surface area contributed by atoms with E-state index in [0.29, 0.717) is 125 Å². The van der Waals surface area contributed by atoms with Gasteiger partial charge in [-0.05, 0) is 153 Å². The van der Waals surface area contributed by atoms with Crippen LogP contribution in [-0.4, -0.2) is 194 Å². The second-order valence-corrected chi connectivity index (χ2v) is 34.4. The Morgan fingerprint density at radius 2 is 0.612 bits per heavy atom. The van der Waals surface area contributed by atoms with Crippen LogP contribution in [0.2, 0.25) is 0 Å². The Labute approximate surface area is 758 Å². The fourth-order valence-electron chi connectivity index (χ4n) is 14.6. The minimum Gasteiger partial charge on any atom is -0.496 e. The number of hydrogen-bond donors (Lipinski definition) is 8. The summed E-state index contributed by atoms with van der Waals surface area (Å²) in [6, 6.07) is 26.1. The van der Waals surface area contributed by atoms with E-state index in [-0.39, 0.29) is 102 Å². The lowest BCUT2D eigenvalue weighted by atomic mass is 10.00. The van der Waals surface area contributed by atoms with Crippen LogP contribution in [0.5, 0.6) is 46.0 Å². The van der Waals surface area contributed by atoms with Gasteiger partial charge in [0.2, 0.25) is 0 Å². The van der Waals surface area contributed by atoms with E-state index in [1.54, 1.807) is 109 Å². The van der Waals surface area contributed by atoms with Crippen molar-refractivity contribution in [3.8, 4) is 91.0 Å². The normalized spacial score (nSPS) is 12.6. The molecule has 6 atom stereocenters. The van der Waals surface area contributed by atoms with Crippen LogP contribution in [0.4, 0.5) is 0 Å². The third-order valence-corrected chi connectivity index (χ3v) is 21.5. The number of amides is 4. The van der Waals surface area contributed by atoms with Crippen molar-refractivity contribution in [3.63, 3.8) is 0 Å². The fraction of sp³-hybridized carbons (Fsp3) is 0.531. The Kier molecular flexibility index (Phi) is 43.3. The molecule has 0 spiro atoms. The van der Waals surface area contributed by atoms with E-state index in [1.807, 2.05) is 126 Å². The molecule has 0 bridgehead atoms. The number of rotatable bonds is 47. The number of carboxylic acid groups (broad SMARTS) is 4. The number of nitrogens with zero attached hydrogens (tertiary/aromatic N) is 8. The smallest absolute Gasteiger partial charge is 0.374 e. The maximum Gasteiger partial charge on any atom is 0.374 e. The van der Waals surface area contributed by atoms with Crippen molar-refractivity contribution in [2.45, 2.75) is 232 Å². The second-order valence-electron chi connectivity index (χ2n) is 34.4. The zero-order valence-corrected chi connectivity index (χ0v) is 79.7. The summed E-state index contributed by atoms with van der Waals surface area (Å²) in [6.07, 6.45) is 4.37. The van der Waals surface area contributed by atoms with E-state index in [1.165, 1.54) is 0 Å². The fourth-order valence-corrected chi connectivity index (χ4v) is 14.6.